The van der Waals surface area contributed by atoms with Crippen LogP contribution in [0.5, 0.6) is 5.75 Å². The van der Waals surface area contributed by atoms with Gasteiger partial charge in [0.1, 0.15) is 5.75 Å². The van der Waals surface area contributed by atoms with E-state index < -0.39 is 0 Å². The van der Waals surface area contributed by atoms with Crippen molar-refractivity contribution < 1.29 is 9.90 Å². The van der Waals surface area contributed by atoms with Crippen molar-refractivity contribution in [2.24, 2.45) is 0 Å². The molecule has 13 heavy (non-hydrogen) atoms. The van der Waals surface area contributed by atoms with Crippen LogP contribution in [0.25, 0.3) is 10.1 Å². The molecule has 0 fully saturated rings. The lowest BCUT2D eigenvalue weighted by molar-refractivity contribution is 0.112. The summed E-state index contributed by atoms with van der Waals surface area (Å²) in [5.74, 6) is 0.170. The lowest BCUT2D eigenvalue weighted by atomic mass is 10.1. The highest BCUT2D eigenvalue weighted by atomic mass is 79.9. The maximum Gasteiger partial charge on any atom is 0.150 e. The molecule has 0 spiro atoms. The van der Waals surface area contributed by atoms with E-state index in [-0.39, 0.29) is 5.75 Å². The van der Waals surface area contributed by atoms with Gasteiger partial charge in [0.15, 0.2) is 6.29 Å². The molecule has 0 saturated heterocycles. The van der Waals surface area contributed by atoms with Crippen molar-refractivity contribution in [3.63, 3.8) is 0 Å². The minimum absolute atomic E-state index is 0.170. The second kappa shape index (κ2) is 3.12. The molecule has 0 unspecified atom stereocenters. The number of hydrogen-bond donors (Lipinski definition) is 1. The van der Waals surface area contributed by atoms with Crippen molar-refractivity contribution in [2.45, 2.75) is 0 Å². The Balaban J connectivity index is 2.96. The zero-order valence-corrected chi connectivity index (χ0v) is 8.85. The summed E-state index contributed by atoms with van der Waals surface area (Å²) in [6.45, 7) is 0. The number of fused-ring (bicyclic) bond motifs is 1. The van der Waals surface area contributed by atoms with Crippen molar-refractivity contribution in [3.8, 4) is 5.75 Å². The summed E-state index contributed by atoms with van der Waals surface area (Å²) in [5, 5.41) is 11.7. The number of rotatable bonds is 1. The van der Waals surface area contributed by atoms with Crippen LogP contribution in [0, 0.1) is 0 Å². The first-order valence-electron chi connectivity index (χ1n) is 3.58. The molecule has 2 aromatic rings. The van der Waals surface area contributed by atoms with E-state index in [0.29, 0.717) is 10.9 Å². The normalized spacial score (nSPS) is 10.5. The average Bonchev–Trinajstić information content (AvgIpc) is 2.51. The molecule has 0 aliphatic carbocycles. The fraction of sp³-hybridized carbons (Fsp3) is 0. The largest absolute Gasteiger partial charge is 0.506 e. The van der Waals surface area contributed by atoms with E-state index >= 15 is 0 Å². The van der Waals surface area contributed by atoms with Crippen LogP contribution < -0.4 is 0 Å². The molecule has 1 aromatic carbocycles. The van der Waals surface area contributed by atoms with Gasteiger partial charge in [-0.05, 0) is 28.1 Å². The number of hydrogen-bond acceptors (Lipinski definition) is 3. The van der Waals surface area contributed by atoms with Gasteiger partial charge in [-0.15, -0.1) is 11.3 Å². The van der Waals surface area contributed by atoms with Gasteiger partial charge in [0.2, 0.25) is 0 Å². The molecule has 0 atom stereocenters. The summed E-state index contributed by atoms with van der Waals surface area (Å²) >= 11 is 4.77. The van der Waals surface area contributed by atoms with Crippen LogP contribution in [-0.2, 0) is 0 Å². The maximum atomic E-state index is 10.7. The number of thiophene rings is 1. The van der Waals surface area contributed by atoms with Crippen molar-refractivity contribution in [1.82, 2.24) is 0 Å². The number of halogens is 1. The SMILES string of the molecule is O=Cc1ccc(Br)c2scc(O)c12. The zero-order chi connectivity index (χ0) is 9.42. The van der Waals surface area contributed by atoms with Gasteiger partial charge < -0.3 is 5.11 Å². The molecule has 0 aliphatic rings. The summed E-state index contributed by atoms with van der Waals surface area (Å²) in [6, 6.07) is 3.49. The minimum atomic E-state index is 0.170. The van der Waals surface area contributed by atoms with Gasteiger partial charge in [0.25, 0.3) is 0 Å². The summed E-state index contributed by atoms with van der Waals surface area (Å²) < 4.78 is 1.81. The minimum Gasteiger partial charge on any atom is -0.506 e. The molecule has 2 nitrogen and oxygen atoms in total. The zero-order valence-electron chi connectivity index (χ0n) is 6.45. The van der Waals surface area contributed by atoms with E-state index in [1.165, 1.54) is 11.3 Å². The monoisotopic (exact) mass is 256 g/mol. The van der Waals surface area contributed by atoms with Gasteiger partial charge in [-0.3, -0.25) is 4.79 Å². The summed E-state index contributed by atoms with van der Waals surface area (Å²) in [7, 11) is 0. The third-order valence-corrected chi connectivity index (χ3v) is 3.74. The molecule has 0 aliphatic heterocycles. The Morgan fingerprint density at radius 3 is 2.92 bits per heavy atom. The number of carbonyl (C=O) groups is 1. The van der Waals surface area contributed by atoms with Crippen molar-refractivity contribution in [2.75, 3.05) is 0 Å². The third kappa shape index (κ3) is 1.26. The molecule has 0 saturated carbocycles. The molecule has 4 heteroatoms. The number of benzene rings is 1. The summed E-state index contributed by atoms with van der Waals surface area (Å²) in [4.78, 5) is 10.7. The first kappa shape index (κ1) is 8.72. The molecule has 1 aromatic heterocycles. The Kier molecular flexibility index (Phi) is 2.09. The smallest absolute Gasteiger partial charge is 0.150 e. The Bertz CT molecular complexity index is 476. The molecule has 66 valence electrons. The quantitative estimate of drug-likeness (QED) is 0.796. The summed E-state index contributed by atoms with van der Waals surface area (Å²) in [6.07, 6.45) is 0.751. The van der Waals surface area contributed by atoms with Crippen LogP contribution in [-0.4, -0.2) is 11.4 Å². The topological polar surface area (TPSA) is 37.3 Å². The van der Waals surface area contributed by atoms with Gasteiger partial charge in [-0.25, -0.2) is 0 Å². The van der Waals surface area contributed by atoms with Gasteiger partial charge in [-0.2, -0.15) is 0 Å². The van der Waals surface area contributed by atoms with Gasteiger partial charge >= 0.3 is 0 Å². The van der Waals surface area contributed by atoms with Crippen LogP contribution in [0.4, 0.5) is 0 Å². The Labute approximate surface area is 86.9 Å². The Morgan fingerprint density at radius 1 is 1.46 bits per heavy atom. The summed E-state index contributed by atoms with van der Waals surface area (Å²) in [5.41, 5.74) is 0.525. The van der Waals surface area contributed by atoms with Crippen LogP contribution in [0.2, 0.25) is 0 Å². The van der Waals surface area contributed by atoms with Gasteiger partial charge in [0.05, 0.1) is 4.70 Å². The van der Waals surface area contributed by atoms with Gasteiger partial charge in [0, 0.05) is 20.8 Å². The number of carbonyl (C=O) groups excluding carboxylic acids is 1. The molecule has 0 radical (unpaired) electrons. The van der Waals surface area contributed by atoms with Crippen molar-refractivity contribution in [3.05, 3.63) is 27.5 Å². The lowest BCUT2D eigenvalue weighted by Gasteiger charge is -1.97. The molecule has 1 heterocycles. The van der Waals surface area contributed by atoms with Crippen molar-refractivity contribution in [1.29, 1.82) is 0 Å². The maximum absolute atomic E-state index is 10.7. The second-order valence-corrected chi connectivity index (χ2v) is 4.31. The van der Waals surface area contributed by atoms with Crippen LogP contribution in [0.15, 0.2) is 22.0 Å². The second-order valence-electron chi connectivity index (χ2n) is 2.58. The van der Waals surface area contributed by atoms with E-state index in [2.05, 4.69) is 15.9 Å². The first-order chi connectivity index (χ1) is 6.24. The molecular weight excluding hydrogens is 252 g/mol. The molecule has 0 bridgehead atoms. The van der Waals surface area contributed by atoms with Crippen LogP contribution in [0.1, 0.15) is 10.4 Å². The number of aromatic hydroxyl groups is 1. The lowest BCUT2D eigenvalue weighted by Crippen LogP contribution is -1.80. The third-order valence-electron chi connectivity index (χ3n) is 1.81. The highest BCUT2D eigenvalue weighted by Gasteiger charge is 2.09. The molecular formula is C9H5BrO2S. The number of aldehydes is 1. The van der Waals surface area contributed by atoms with E-state index in [0.717, 1.165) is 15.5 Å². The van der Waals surface area contributed by atoms with E-state index in [1.807, 2.05) is 6.07 Å². The predicted octanol–water partition coefficient (Wildman–Crippen LogP) is 3.18. The Hall–Kier alpha value is -0.870. The van der Waals surface area contributed by atoms with Crippen LogP contribution in [0.3, 0.4) is 0 Å². The molecule has 0 amide bonds. The average molecular weight is 257 g/mol. The van der Waals surface area contributed by atoms with E-state index in [4.69, 9.17) is 0 Å². The van der Waals surface area contributed by atoms with Crippen LogP contribution >= 0.6 is 27.3 Å². The molecule has 2 rings (SSSR count). The fourth-order valence-corrected chi connectivity index (χ4v) is 2.70. The van der Waals surface area contributed by atoms with E-state index in [1.54, 1.807) is 11.4 Å². The molecule has 1 N–H and O–H groups in total. The van der Waals surface area contributed by atoms with Crippen molar-refractivity contribution >= 4 is 43.6 Å². The van der Waals surface area contributed by atoms with E-state index in [9.17, 15) is 9.90 Å². The highest BCUT2D eigenvalue weighted by Crippen LogP contribution is 2.37. The predicted molar refractivity (Wildman–Crippen MR) is 56.6 cm³/mol. The first-order valence-corrected chi connectivity index (χ1v) is 5.25. The standard InChI is InChI=1S/C9H5BrO2S/c10-6-2-1-5(3-11)8-7(12)4-13-9(6)8/h1-4,12H. The Morgan fingerprint density at radius 2 is 2.23 bits per heavy atom. The highest BCUT2D eigenvalue weighted by molar-refractivity contribution is 9.10. The fourth-order valence-electron chi connectivity index (χ4n) is 1.22. The van der Waals surface area contributed by atoms with Gasteiger partial charge in [-0.1, -0.05) is 0 Å².